The molecular weight excluding hydrogens is 370 g/mol. The summed E-state index contributed by atoms with van der Waals surface area (Å²) >= 11 is 0. The van der Waals surface area contributed by atoms with E-state index in [-0.39, 0.29) is 0 Å². The Balaban J connectivity index is 1.49. The van der Waals surface area contributed by atoms with Crippen molar-refractivity contribution in [3.8, 4) is 28.6 Å². The van der Waals surface area contributed by atoms with Crippen molar-refractivity contribution in [3.05, 3.63) is 53.9 Å². The van der Waals surface area contributed by atoms with Gasteiger partial charge < -0.3 is 18.7 Å². The van der Waals surface area contributed by atoms with Crippen LogP contribution in [0.2, 0.25) is 0 Å². The highest BCUT2D eigenvalue weighted by Crippen LogP contribution is 2.34. The molecule has 1 saturated heterocycles. The molecule has 4 rings (SSSR count). The van der Waals surface area contributed by atoms with Crippen molar-refractivity contribution in [2.75, 3.05) is 27.9 Å². The van der Waals surface area contributed by atoms with Crippen LogP contribution in [0.25, 0.3) is 11.4 Å². The quantitative estimate of drug-likeness (QED) is 0.596. The molecule has 152 valence electrons. The maximum absolute atomic E-state index is 5.54. The fourth-order valence-electron chi connectivity index (χ4n) is 3.80. The molecule has 0 aliphatic carbocycles. The van der Waals surface area contributed by atoms with Gasteiger partial charge in [-0.2, -0.15) is 4.98 Å². The topological polar surface area (TPSA) is 69.9 Å². The Morgan fingerprint density at radius 2 is 1.79 bits per heavy atom. The van der Waals surface area contributed by atoms with Crippen molar-refractivity contribution in [1.29, 1.82) is 0 Å². The number of hydrogen-bond acceptors (Lipinski definition) is 7. The van der Waals surface area contributed by atoms with Crippen LogP contribution >= 0.6 is 0 Å². The molecule has 2 aromatic carbocycles. The lowest BCUT2D eigenvalue weighted by Gasteiger charge is -2.23. The van der Waals surface area contributed by atoms with Gasteiger partial charge in [0.25, 0.3) is 0 Å². The van der Waals surface area contributed by atoms with Crippen molar-refractivity contribution in [1.82, 2.24) is 15.0 Å². The molecule has 0 saturated carbocycles. The van der Waals surface area contributed by atoms with Gasteiger partial charge in [-0.3, -0.25) is 4.90 Å². The molecule has 0 bridgehead atoms. The largest absolute Gasteiger partial charge is 0.497 e. The third-order valence-electron chi connectivity index (χ3n) is 5.31. The van der Waals surface area contributed by atoms with Crippen molar-refractivity contribution >= 4 is 0 Å². The van der Waals surface area contributed by atoms with Gasteiger partial charge in [0.1, 0.15) is 5.75 Å². The fourth-order valence-corrected chi connectivity index (χ4v) is 3.80. The van der Waals surface area contributed by atoms with Gasteiger partial charge in [0.05, 0.1) is 27.9 Å². The maximum Gasteiger partial charge on any atom is 0.241 e. The summed E-state index contributed by atoms with van der Waals surface area (Å²) < 4.78 is 21.5. The molecule has 1 fully saturated rings. The zero-order chi connectivity index (χ0) is 20.2. The van der Waals surface area contributed by atoms with Crippen LogP contribution in [0.3, 0.4) is 0 Å². The first-order chi connectivity index (χ1) is 14.2. The number of rotatable bonds is 7. The predicted octanol–water partition coefficient (Wildman–Crippen LogP) is 4.10. The minimum absolute atomic E-state index is 0.345. The summed E-state index contributed by atoms with van der Waals surface area (Å²) in [5, 5.41) is 4.15. The molecule has 2 heterocycles. The Morgan fingerprint density at radius 1 is 1.00 bits per heavy atom. The first-order valence-electron chi connectivity index (χ1n) is 9.65. The molecular formula is C22H25N3O4. The van der Waals surface area contributed by atoms with Gasteiger partial charge in [-0.15, -0.1) is 0 Å². The van der Waals surface area contributed by atoms with Crippen molar-refractivity contribution < 1.29 is 18.7 Å². The molecule has 1 aromatic heterocycles. The number of hydrogen-bond donors (Lipinski definition) is 0. The van der Waals surface area contributed by atoms with E-state index in [0.717, 1.165) is 30.7 Å². The molecule has 29 heavy (non-hydrogen) atoms. The van der Waals surface area contributed by atoms with Gasteiger partial charge >= 0.3 is 0 Å². The van der Waals surface area contributed by atoms with Crippen molar-refractivity contribution in [2.24, 2.45) is 0 Å². The average molecular weight is 395 g/mol. The average Bonchev–Trinajstić information content (AvgIpc) is 3.43. The van der Waals surface area contributed by atoms with Crippen LogP contribution < -0.4 is 14.2 Å². The summed E-state index contributed by atoms with van der Waals surface area (Å²) in [6.07, 6.45) is 2.26. The number of aromatic nitrogens is 2. The second-order valence-electron chi connectivity index (χ2n) is 6.98. The molecule has 3 aromatic rings. The summed E-state index contributed by atoms with van der Waals surface area (Å²) in [6.45, 7) is 1.63. The van der Waals surface area contributed by atoms with E-state index in [9.17, 15) is 0 Å². The molecule has 7 nitrogen and oxygen atoms in total. The molecule has 0 spiro atoms. The van der Waals surface area contributed by atoms with Crippen LogP contribution in [0.5, 0.6) is 17.2 Å². The van der Waals surface area contributed by atoms with E-state index in [2.05, 4.69) is 27.2 Å². The van der Waals surface area contributed by atoms with Crippen LogP contribution in [0, 0.1) is 0 Å². The van der Waals surface area contributed by atoms with Crippen LogP contribution in [0.15, 0.2) is 47.0 Å². The number of methoxy groups -OCH3 is 3. The van der Waals surface area contributed by atoms with Gasteiger partial charge in [-0.1, -0.05) is 17.3 Å². The van der Waals surface area contributed by atoms with E-state index in [1.807, 2.05) is 30.3 Å². The summed E-state index contributed by atoms with van der Waals surface area (Å²) in [4.78, 5) is 6.98. The third-order valence-corrected chi connectivity index (χ3v) is 5.31. The number of benzene rings is 2. The number of likely N-dealkylation sites (tertiary alicyclic amines) is 1. The molecule has 0 amide bonds. The van der Waals surface area contributed by atoms with Crippen LogP contribution in [-0.4, -0.2) is 42.9 Å². The van der Waals surface area contributed by atoms with Gasteiger partial charge in [-0.05, 0) is 55.3 Å². The van der Waals surface area contributed by atoms with E-state index in [4.69, 9.17) is 18.7 Å². The fraction of sp³-hybridized carbons (Fsp3) is 0.364. The molecule has 1 aliphatic heterocycles. The standard InChI is InChI=1S/C22H25N3O4/c1-26-17-9-6-15(7-10-17)18-5-4-12-25(18)14-21-23-22(24-29-21)16-8-11-19(27-2)20(13-16)28-3/h6-11,13,18H,4-5,12,14H2,1-3H3/t18-/m0/s1. The van der Waals surface area contributed by atoms with Gasteiger partial charge in [0, 0.05) is 11.6 Å². The summed E-state index contributed by atoms with van der Waals surface area (Å²) in [7, 11) is 4.90. The minimum Gasteiger partial charge on any atom is -0.497 e. The lowest BCUT2D eigenvalue weighted by Crippen LogP contribution is -2.22. The predicted molar refractivity (Wildman–Crippen MR) is 108 cm³/mol. The van der Waals surface area contributed by atoms with Crippen molar-refractivity contribution in [2.45, 2.75) is 25.4 Å². The second kappa shape index (κ2) is 8.53. The van der Waals surface area contributed by atoms with E-state index >= 15 is 0 Å². The van der Waals surface area contributed by atoms with E-state index < -0.39 is 0 Å². The van der Waals surface area contributed by atoms with Crippen LogP contribution in [0.4, 0.5) is 0 Å². The maximum atomic E-state index is 5.54. The molecule has 1 aliphatic rings. The number of nitrogens with zero attached hydrogens (tertiary/aromatic N) is 3. The van der Waals surface area contributed by atoms with Crippen LogP contribution in [0.1, 0.15) is 30.3 Å². The molecule has 0 N–H and O–H groups in total. The first kappa shape index (κ1) is 19.3. The van der Waals surface area contributed by atoms with Gasteiger partial charge in [0.2, 0.25) is 11.7 Å². The Kier molecular flexibility index (Phi) is 5.67. The molecule has 7 heteroatoms. The Morgan fingerprint density at radius 3 is 2.52 bits per heavy atom. The lowest BCUT2D eigenvalue weighted by molar-refractivity contribution is 0.212. The van der Waals surface area contributed by atoms with Crippen LogP contribution in [-0.2, 0) is 6.54 Å². The third kappa shape index (κ3) is 4.05. The highest BCUT2D eigenvalue weighted by molar-refractivity contribution is 5.60. The van der Waals surface area contributed by atoms with Crippen molar-refractivity contribution in [3.63, 3.8) is 0 Å². The first-order valence-corrected chi connectivity index (χ1v) is 9.65. The molecule has 0 radical (unpaired) electrons. The van der Waals surface area contributed by atoms with Gasteiger partial charge in [0.15, 0.2) is 11.5 Å². The van der Waals surface area contributed by atoms with E-state index in [0.29, 0.717) is 35.8 Å². The summed E-state index contributed by atoms with van der Waals surface area (Å²) in [5.74, 6) is 3.32. The van der Waals surface area contributed by atoms with E-state index in [1.165, 1.54) is 5.56 Å². The van der Waals surface area contributed by atoms with E-state index in [1.54, 1.807) is 21.3 Å². The SMILES string of the molecule is COc1ccc([C@@H]2CCCN2Cc2nc(-c3ccc(OC)c(OC)c3)no2)cc1. The molecule has 1 atom stereocenters. The minimum atomic E-state index is 0.345. The summed E-state index contributed by atoms with van der Waals surface area (Å²) in [5.41, 5.74) is 2.11. The highest BCUT2D eigenvalue weighted by atomic mass is 16.5. The zero-order valence-corrected chi connectivity index (χ0v) is 16.9. The Labute approximate surface area is 170 Å². The highest BCUT2D eigenvalue weighted by Gasteiger charge is 2.27. The normalized spacial score (nSPS) is 16.7. The number of ether oxygens (including phenoxy) is 3. The zero-order valence-electron chi connectivity index (χ0n) is 16.9. The summed E-state index contributed by atoms with van der Waals surface area (Å²) in [6, 6.07) is 14.2. The Hall–Kier alpha value is -3.06. The molecule has 0 unspecified atom stereocenters. The second-order valence-corrected chi connectivity index (χ2v) is 6.98. The monoisotopic (exact) mass is 395 g/mol. The van der Waals surface area contributed by atoms with Gasteiger partial charge in [-0.25, -0.2) is 0 Å². The lowest BCUT2D eigenvalue weighted by atomic mass is 10.0. The Bertz CT molecular complexity index is 955. The smallest absolute Gasteiger partial charge is 0.241 e.